The molecule has 1 heterocycles. The van der Waals surface area contributed by atoms with Gasteiger partial charge in [-0.05, 0) is 31.0 Å². The van der Waals surface area contributed by atoms with Gasteiger partial charge in [-0.2, -0.15) is 0 Å². The zero-order valence-corrected chi connectivity index (χ0v) is 11.5. The number of hydrogen-bond donors (Lipinski definition) is 3. The number of benzene rings is 1. The minimum atomic E-state index is -4.00. The van der Waals surface area contributed by atoms with Crippen molar-refractivity contribution >= 4 is 21.7 Å². The maximum Gasteiger partial charge on any atom is 0.335 e. The third-order valence-electron chi connectivity index (χ3n) is 3.08. The van der Waals surface area contributed by atoms with Crippen LogP contribution in [0.5, 0.6) is 0 Å². The molecule has 0 saturated carbocycles. The Labute approximate surface area is 116 Å². The molecule has 4 N–H and O–H groups in total. The van der Waals surface area contributed by atoms with E-state index in [1.165, 1.54) is 12.1 Å². The van der Waals surface area contributed by atoms with Gasteiger partial charge in [0.05, 0.1) is 17.4 Å². The van der Waals surface area contributed by atoms with Gasteiger partial charge in [-0.25, -0.2) is 18.4 Å². The summed E-state index contributed by atoms with van der Waals surface area (Å²) in [5.41, 5.74) is 0.157. The normalized spacial score (nSPS) is 18.9. The first-order valence-corrected chi connectivity index (χ1v) is 7.68. The summed E-state index contributed by atoms with van der Waals surface area (Å²) in [6, 6.07) is 3.78. The number of sulfonamides is 1. The lowest BCUT2D eigenvalue weighted by molar-refractivity contribution is 0.0696. The average molecular weight is 300 g/mol. The Morgan fingerprint density at radius 2 is 2.25 bits per heavy atom. The fraction of sp³-hybridized carbons (Fsp3) is 0.417. The summed E-state index contributed by atoms with van der Waals surface area (Å²) in [4.78, 5) is 10.7. The molecule has 1 aliphatic rings. The van der Waals surface area contributed by atoms with Crippen LogP contribution in [0.25, 0.3) is 0 Å². The number of aromatic carboxylic acids is 1. The van der Waals surface area contributed by atoms with Crippen molar-refractivity contribution in [2.24, 2.45) is 5.14 Å². The molecule has 1 saturated heterocycles. The van der Waals surface area contributed by atoms with Crippen molar-refractivity contribution in [2.45, 2.75) is 23.8 Å². The van der Waals surface area contributed by atoms with Gasteiger partial charge in [-0.15, -0.1) is 0 Å². The van der Waals surface area contributed by atoms with Crippen LogP contribution in [0.2, 0.25) is 0 Å². The number of carbonyl (C=O) groups is 1. The molecule has 1 aromatic rings. The summed E-state index contributed by atoms with van der Waals surface area (Å²) >= 11 is 0. The van der Waals surface area contributed by atoms with Gasteiger partial charge >= 0.3 is 5.97 Å². The Bertz CT molecular complexity index is 608. The average Bonchev–Trinajstić information content (AvgIpc) is 2.88. The summed E-state index contributed by atoms with van der Waals surface area (Å²) < 4.78 is 28.5. The molecule has 0 radical (unpaired) electrons. The predicted molar refractivity (Wildman–Crippen MR) is 72.2 cm³/mol. The first-order valence-electron chi connectivity index (χ1n) is 6.13. The third-order valence-corrected chi connectivity index (χ3v) is 4.03. The van der Waals surface area contributed by atoms with Gasteiger partial charge in [-0.1, -0.05) is 0 Å². The van der Waals surface area contributed by atoms with Crippen LogP contribution < -0.4 is 10.5 Å². The number of primary sulfonamides is 1. The molecule has 1 unspecified atom stereocenters. The molecule has 0 aromatic heterocycles. The second-order valence-electron chi connectivity index (χ2n) is 4.58. The molecule has 2 rings (SSSR count). The molecule has 20 heavy (non-hydrogen) atoms. The van der Waals surface area contributed by atoms with Crippen molar-refractivity contribution in [1.29, 1.82) is 0 Å². The maximum atomic E-state index is 11.5. The van der Waals surface area contributed by atoms with E-state index in [9.17, 15) is 13.2 Å². The molecule has 0 amide bonds. The van der Waals surface area contributed by atoms with Crippen LogP contribution in [0.15, 0.2) is 23.1 Å². The lowest BCUT2D eigenvalue weighted by atomic mass is 10.2. The molecule has 8 heteroatoms. The standard InChI is InChI=1S/C12H16N2O5S/c13-20(17,18)11-6-8(12(15)16)3-4-10(11)14-7-9-2-1-5-19-9/h3-4,6,9,14H,1-2,5,7H2,(H,15,16)(H2,13,17,18). The molecule has 1 fully saturated rings. The maximum absolute atomic E-state index is 11.5. The van der Waals surface area contributed by atoms with Crippen molar-refractivity contribution in [1.82, 2.24) is 0 Å². The Morgan fingerprint density at radius 1 is 1.50 bits per heavy atom. The summed E-state index contributed by atoms with van der Waals surface area (Å²) in [5.74, 6) is -1.21. The molecular weight excluding hydrogens is 284 g/mol. The molecule has 7 nitrogen and oxygen atoms in total. The van der Waals surface area contributed by atoms with Gasteiger partial charge in [0.15, 0.2) is 0 Å². The number of anilines is 1. The van der Waals surface area contributed by atoms with E-state index in [-0.39, 0.29) is 22.3 Å². The highest BCUT2D eigenvalue weighted by molar-refractivity contribution is 7.89. The number of rotatable bonds is 5. The fourth-order valence-electron chi connectivity index (χ4n) is 2.07. The molecule has 0 spiro atoms. The van der Waals surface area contributed by atoms with Crippen LogP contribution in [-0.4, -0.2) is 38.7 Å². The number of nitrogens with one attached hydrogen (secondary N) is 1. The summed E-state index contributed by atoms with van der Waals surface area (Å²) in [6.07, 6.45) is 1.92. The Balaban J connectivity index is 2.24. The van der Waals surface area contributed by atoms with Crippen molar-refractivity contribution < 1.29 is 23.1 Å². The van der Waals surface area contributed by atoms with Gasteiger partial charge in [0, 0.05) is 13.2 Å². The molecule has 0 aliphatic carbocycles. The minimum Gasteiger partial charge on any atom is -0.478 e. The second kappa shape index (κ2) is 5.78. The van der Waals surface area contributed by atoms with Crippen molar-refractivity contribution in [3.8, 4) is 0 Å². The van der Waals surface area contributed by atoms with Crippen molar-refractivity contribution in [2.75, 3.05) is 18.5 Å². The summed E-state index contributed by atoms with van der Waals surface area (Å²) in [5, 5.41) is 17.0. The lowest BCUT2D eigenvalue weighted by Crippen LogP contribution is -2.21. The van der Waals surface area contributed by atoms with E-state index < -0.39 is 16.0 Å². The van der Waals surface area contributed by atoms with Crippen LogP contribution in [0.4, 0.5) is 5.69 Å². The summed E-state index contributed by atoms with van der Waals surface area (Å²) in [6.45, 7) is 1.15. The Kier molecular flexibility index (Phi) is 4.26. The molecule has 1 aliphatic heterocycles. The molecule has 1 aromatic carbocycles. The third kappa shape index (κ3) is 3.47. The molecule has 1 atom stereocenters. The predicted octanol–water partition coefficient (Wildman–Crippen LogP) is 0.623. The van der Waals surface area contributed by atoms with Gasteiger partial charge in [-0.3, -0.25) is 0 Å². The number of carboxylic acid groups (broad SMARTS) is 1. The number of carboxylic acids is 1. The Morgan fingerprint density at radius 3 is 2.80 bits per heavy atom. The first-order chi connectivity index (χ1) is 9.38. The topological polar surface area (TPSA) is 119 Å². The zero-order chi connectivity index (χ0) is 14.8. The van der Waals surface area contributed by atoms with E-state index in [0.717, 1.165) is 18.9 Å². The van der Waals surface area contributed by atoms with E-state index >= 15 is 0 Å². The zero-order valence-electron chi connectivity index (χ0n) is 10.7. The van der Waals surface area contributed by atoms with E-state index in [1.807, 2.05) is 0 Å². The molecule has 110 valence electrons. The minimum absolute atomic E-state index is 0.0301. The SMILES string of the molecule is NS(=O)(=O)c1cc(C(=O)O)ccc1NCC1CCCO1. The van der Waals surface area contributed by atoms with Crippen molar-refractivity contribution in [3.63, 3.8) is 0 Å². The van der Waals surface area contributed by atoms with Crippen LogP contribution in [0, 0.1) is 0 Å². The van der Waals surface area contributed by atoms with E-state index in [0.29, 0.717) is 13.2 Å². The highest BCUT2D eigenvalue weighted by atomic mass is 32.2. The monoisotopic (exact) mass is 300 g/mol. The van der Waals surface area contributed by atoms with Gasteiger partial charge in [0.1, 0.15) is 4.90 Å². The van der Waals surface area contributed by atoms with E-state index in [1.54, 1.807) is 0 Å². The largest absolute Gasteiger partial charge is 0.478 e. The van der Waals surface area contributed by atoms with Gasteiger partial charge in [0.25, 0.3) is 0 Å². The highest BCUT2D eigenvalue weighted by Crippen LogP contribution is 2.23. The van der Waals surface area contributed by atoms with Crippen LogP contribution >= 0.6 is 0 Å². The Hall–Kier alpha value is -1.64. The van der Waals surface area contributed by atoms with Gasteiger partial charge < -0.3 is 15.2 Å². The highest BCUT2D eigenvalue weighted by Gasteiger charge is 2.19. The van der Waals surface area contributed by atoms with Crippen LogP contribution in [0.3, 0.4) is 0 Å². The fourth-order valence-corrected chi connectivity index (χ4v) is 2.80. The van der Waals surface area contributed by atoms with Crippen molar-refractivity contribution in [3.05, 3.63) is 23.8 Å². The molecule has 0 bridgehead atoms. The lowest BCUT2D eigenvalue weighted by Gasteiger charge is -2.14. The summed E-state index contributed by atoms with van der Waals surface area (Å²) in [7, 11) is -4.00. The number of nitrogens with two attached hydrogens (primary N) is 1. The van der Waals surface area contributed by atoms with Crippen LogP contribution in [0.1, 0.15) is 23.2 Å². The second-order valence-corrected chi connectivity index (χ2v) is 6.11. The van der Waals surface area contributed by atoms with Crippen LogP contribution in [-0.2, 0) is 14.8 Å². The quantitative estimate of drug-likeness (QED) is 0.733. The number of hydrogen-bond acceptors (Lipinski definition) is 5. The number of ether oxygens (including phenoxy) is 1. The smallest absolute Gasteiger partial charge is 0.335 e. The van der Waals surface area contributed by atoms with Gasteiger partial charge in [0.2, 0.25) is 10.0 Å². The molecular formula is C12H16N2O5S. The van der Waals surface area contributed by atoms with E-state index in [2.05, 4.69) is 5.32 Å². The first kappa shape index (κ1) is 14.8. The van der Waals surface area contributed by atoms with E-state index in [4.69, 9.17) is 15.0 Å².